The molecule has 1 atom stereocenters. The third kappa shape index (κ3) is 2.74. The number of carbonyl (C=O) groups excluding carboxylic acids is 1. The summed E-state index contributed by atoms with van der Waals surface area (Å²) in [6.45, 7) is 4.36. The van der Waals surface area contributed by atoms with E-state index in [1.165, 1.54) is 0 Å². The summed E-state index contributed by atoms with van der Waals surface area (Å²) in [5.41, 5.74) is 0. The Morgan fingerprint density at radius 2 is 2.45 bits per heavy atom. The number of nitrogens with one attached hydrogen (secondary N) is 1. The van der Waals surface area contributed by atoms with Gasteiger partial charge in [-0.1, -0.05) is 19.9 Å². The van der Waals surface area contributed by atoms with Crippen molar-refractivity contribution in [2.45, 2.75) is 26.7 Å². The fraction of sp³-hybridized carbons (Fsp3) is 0.667. The lowest BCUT2D eigenvalue weighted by molar-refractivity contribution is -0.121. The number of allylic oxidation sites excluding steroid dienone is 1. The first-order valence-corrected chi connectivity index (χ1v) is 4.14. The average Bonchev–Trinajstić information content (AvgIpc) is 1.85. The summed E-state index contributed by atoms with van der Waals surface area (Å²) in [4.78, 5) is 10.9. The first kappa shape index (κ1) is 8.31. The van der Waals surface area contributed by atoms with Crippen LogP contribution in [0.15, 0.2) is 12.3 Å². The molecule has 0 spiro atoms. The largest absolute Gasteiger partial charge is 0.333 e. The van der Waals surface area contributed by atoms with Crippen molar-refractivity contribution in [3.63, 3.8) is 0 Å². The summed E-state index contributed by atoms with van der Waals surface area (Å²) < 4.78 is 0. The standard InChI is InChI=1S/C9H15NO/c1-7(2)5-8-3-4-10-9(11)6-8/h3-4,7-8H,5-6H2,1-2H3,(H,10,11). The molecule has 1 unspecified atom stereocenters. The van der Waals surface area contributed by atoms with Crippen LogP contribution in [0.5, 0.6) is 0 Å². The van der Waals surface area contributed by atoms with Crippen molar-refractivity contribution in [3.8, 4) is 0 Å². The van der Waals surface area contributed by atoms with Gasteiger partial charge in [0, 0.05) is 12.6 Å². The molecule has 2 heteroatoms. The van der Waals surface area contributed by atoms with Crippen molar-refractivity contribution in [2.75, 3.05) is 0 Å². The number of amides is 1. The average molecular weight is 153 g/mol. The number of hydrogen-bond donors (Lipinski definition) is 1. The molecule has 0 radical (unpaired) electrons. The molecule has 1 aliphatic heterocycles. The van der Waals surface area contributed by atoms with Gasteiger partial charge in [-0.15, -0.1) is 0 Å². The molecule has 0 aromatic rings. The van der Waals surface area contributed by atoms with Gasteiger partial charge in [0.15, 0.2) is 0 Å². The number of carbonyl (C=O) groups is 1. The van der Waals surface area contributed by atoms with E-state index in [-0.39, 0.29) is 5.91 Å². The Morgan fingerprint density at radius 1 is 1.73 bits per heavy atom. The molecule has 1 heterocycles. The Morgan fingerprint density at radius 3 is 3.00 bits per heavy atom. The van der Waals surface area contributed by atoms with E-state index < -0.39 is 0 Å². The van der Waals surface area contributed by atoms with Crippen LogP contribution in [0, 0.1) is 11.8 Å². The summed E-state index contributed by atoms with van der Waals surface area (Å²) in [6, 6.07) is 0. The van der Waals surface area contributed by atoms with E-state index in [4.69, 9.17) is 0 Å². The van der Waals surface area contributed by atoms with Gasteiger partial charge in [0.2, 0.25) is 5.91 Å². The molecule has 0 aliphatic carbocycles. The minimum atomic E-state index is 0.151. The van der Waals surface area contributed by atoms with Crippen LogP contribution in [-0.4, -0.2) is 5.91 Å². The Hall–Kier alpha value is -0.790. The summed E-state index contributed by atoms with van der Waals surface area (Å²) in [5, 5.41) is 2.67. The zero-order chi connectivity index (χ0) is 8.27. The SMILES string of the molecule is CC(C)CC1C=CNC(=O)C1. The van der Waals surface area contributed by atoms with E-state index >= 15 is 0 Å². The molecular weight excluding hydrogens is 138 g/mol. The van der Waals surface area contributed by atoms with Gasteiger partial charge in [0.25, 0.3) is 0 Å². The van der Waals surface area contributed by atoms with Crippen LogP contribution in [-0.2, 0) is 4.79 Å². The van der Waals surface area contributed by atoms with Crippen LogP contribution in [0.4, 0.5) is 0 Å². The maximum atomic E-state index is 10.9. The smallest absolute Gasteiger partial charge is 0.224 e. The fourth-order valence-corrected chi connectivity index (χ4v) is 1.41. The second-order valence-corrected chi connectivity index (χ2v) is 3.52. The quantitative estimate of drug-likeness (QED) is 0.642. The molecular formula is C9H15NO. The van der Waals surface area contributed by atoms with Crippen LogP contribution in [0.1, 0.15) is 26.7 Å². The molecule has 1 aliphatic rings. The molecule has 62 valence electrons. The second-order valence-electron chi connectivity index (χ2n) is 3.52. The maximum Gasteiger partial charge on any atom is 0.224 e. The van der Waals surface area contributed by atoms with Crippen molar-refractivity contribution < 1.29 is 4.79 Å². The Balaban J connectivity index is 2.40. The van der Waals surface area contributed by atoms with E-state index in [0.29, 0.717) is 18.3 Å². The van der Waals surface area contributed by atoms with E-state index in [9.17, 15) is 4.79 Å². The number of hydrogen-bond acceptors (Lipinski definition) is 1. The van der Waals surface area contributed by atoms with Gasteiger partial charge in [-0.2, -0.15) is 0 Å². The van der Waals surface area contributed by atoms with Gasteiger partial charge in [0.1, 0.15) is 0 Å². The summed E-state index contributed by atoms with van der Waals surface area (Å²) in [6.07, 6.45) is 5.62. The van der Waals surface area contributed by atoms with Crippen LogP contribution < -0.4 is 5.32 Å². The van der Waals surface area contributed by atoms with Gasteiger partial charge in [-0.3, -0.25) is 4.79 Å². The zero-order valence-corrected chi connectivity index (χ0v) is 7.13. The lowest BCUT2D eigenvalue weighted by Crippen LogP contribution is -2.25. The van der Waals surface area contributed by atoms with Crippen molar-refractivity contribution in [2.24, 2.45) is 11.8 Å². The summed E-state index contributed by atoms with van der Waals surface area (Å²) in [5.74, 6) is 1.29. The van der Waals surface area contributed by atoms with Gasteiger partial charge in [0.05, 0.1) is 0 Å². The minimum Gasteiger partial charge on any atom is -0.333 e. The van der Waals surface area contributed by atoms with Crippen molar-refractivity contribution in [1.29, 1.82) is 0 Å². The molecule has 1 N–H and O–H groups in total. The van der Waals surface area contributed by atoms with Gasteiger partial charge in [-0.05, 0) is 18.3 Å². The predicted octanol–water partition coefficient (Wildman–Crippen LogP) is 1.68. The highest BCUT2D eigenvalue weighted by atomic mass is 16.1. The molecule has 0 saturated heterocycles. The van der Waals surface area contributed by atoms with Crippen molar-refractivity contribution >= 4 is 5.91 Å². The van der Waals surface area contributed by atoms with Crippen LogP contribution >= 0.6 is 0 Å². The molecule has 0 aromatic heterocycles. The van der Waals surface area contributed by atoms with Gasteiger partial charge < -0.3 is 5.32 Å². The lowest BCUT2D eigenvalue weighted by atomic mass is 9.92. The molecule has 1 amide bonds. The predicted molar refractivity (Wildman–Crippen MR) is 44.8 cm³/mol. The highest BCUT2D eigenvalue weighted by Crippen LogP contribution is 2.18. The van der Waals surface area contributed by atoms with Crippen molar-refractivity contribution in [1.82, 2.24) is 5.32 Å². The first-order chi connectivity index (χ1) is 5.18. The summed E-state index contributed by atoms with van der Waals surface area (Å²) >= 11 is 0. The highest BCUT2D eigenvalue weighted by Gasteiger charge is 2.14. The fourth-order valence-electron chi connectivity index (χ4n) is 1.41. The van der Waals surface area contributed by atoms with Crippen LogP contribution in [0.2, 0.25) is 0 Å². The van der Waals surface area contributed by atoms with Gasteiger partial charge >= 0.3 is 0 Å². The number of rotatable bonds is 2. The second kappa shape index (κ2) is 3.56. The first-order valence-electron chi connectivity index (χ1n) is 4.14. The zero-order valence-electron chi connectivity index (χ0n) is 7.13. The molecule has 1 rings (SSSR count). The van der Waals surface area contributed by atoms with E-state index in [1.807, 2.05) is 0 Å². The third-order valence-electron chi connectivity index (χ3n) is 1.83. The van der Waals surface area contributed by atoms with Crippen LogP contribution in [0.3, 0.4) is 0 Å². The Labute approximate surface area is 67.7 Å². The minimum absolute atomic E-state index is 0.151. The molecule has 0 saturated carbocycles. The summed E-state index contributed by atoms with van der Waals surface area (Å²) in [7, 11) is 0. The van der Waals surface area contributed by atoms with E-state index in [2.05, 4.69) is 25.2 Å². The topological polar surface area (TPSA) is 29.1 Å². The lowest BCUT2D eigenvalue weighted by Gasteiger charge is -2.17. The monoisotopic (exact) mass is 153 g/mol. The molecule has 0 fully saturated rings. The Kier molecular flexibility index (Phi) is 2.69. The maximum absolute atomic E-state index is 10.9. The normalized spacial score (nSPS) is 23.9. The van der Waals surface area contributed by atoms with Crippen LogP contribution in [0.25, 0.3) is 0 Å². The molecule has 11 heavy (non-hydrogen) atoms. The van der Waals surface area contributed by atoms with Crippen molar-refractivity contribution in [3.05, 3.63) is 12.3 Å². The van der Waals surface area contributed by atoms with Gasteiger partial charge in [-0.25, -0.2) is 0 Å². The molecule has 2 nitrogen and oxygen atoms in total. The molecule has 0 bridgehead atoms. The third-order valence-corrected chi connectivity index (χ3v) is 1.83. The highest BCUT2D eigenvalue weighted by molar-refractivity contribution is 5.78. The molecule has 0 aromatic carbocycles. The Bertz CT molecular complexity index is 172. The van der Waals surface area contributed by atoms with E-state index in [1.54, 1.807) is 6.20 Å². The van der Waals surface area contributed by atoms with E-state index in [0.717, 1.165) is 6.42 Å².